The lowest BCUT2D eigenvalue weighted by Crippen LogP contribution is -2.12. The Hall–Kier alpha value is -2.70. The van der Waals surface area contributed by atoms with Gasteiger partial charge in [-0.15, -0.1) is 0 Å². The number of nitrogens with one attached hydrogen (secondary N) is 1. The van der Waals surface area contributed by atoms with Crippen molar-refractivity contribution < 1.29 is 18.8 Å². The average molecular weight is 289 g/mol. The smallest absolute Gasteiger partial charge is 0.337 e. The molecule has 0 saturated carbocycles. The van der Waals surface area contributed by atoms with Gasteiger partial charge in [0.1, 0.15) is 0 Å². The molecule has 0 fully saturated rings. The number of hydrogen-bond acceptors (Lipinski definition) is 6. The summed E-state index contributed by atoms with van der Waals surface area (Å²) in [6.07, 6.45) is 0.618. The Balaban J connectivity index is 1.86. The molecule has 1 amide bonds. The van der Waals surface area contributed by atoms with Gasteiger partial charge in [0.05, 0.1) is 12.7 Å². The molecule has 2 rings (SSSR count). The van der Waals surface area contributed by atoms with Gasteiger partial charge in [-0.2, -0.15) is 4.98 Å². The highest BCUT2D eigenvalue weighted by Crippen LogP contribution is 2.11. The van der Waals surface area contributed by atoms with Crippen LogP contribution >= 0.6 is 0 Å². The van der Waals surface area contributed by atoms with Gasteiger partial charge in [0.25, 0.3) is 0 Å². The molecule has 0 atom stereocenters. The zero-order valence-electron chi connectivity index (χ0n) is 11.8. The molecular weight excluding hydrogens is 274 g/mol. The largest absolute Gasteiger partial charge is 0.465 e. The van der Waals surface area contributed by atoms with Gasteiger partial charge in [-0.3, -0.25) is 4.79 Å². The second-order valence-electron chi connectivity index (χ2n) is 4.35. The normalized spacial score (nSPS) is 10.2. The lowest BCUT2D eigenvalue weighted by atomic mass is 10.2. The zero-order valence-corrected chi connectivity index (χ0v) is 11.8. The minimum Gasteiger partial charge on any atom is -0.465 e. The molecule has 7 nitrogen and oxygen atoms in total. The summed E-state index contributed by atoms with van der Waals surface area (Å²) < 4.78 is 9.52. The fraction of sp³-hybridized carbons (Fsp3) is 0.286. The van der Waals surface area contributed by atoms with Gasteiger partial charge in [-0.1, -0.05) is 5.16 Å². The molecule has 0 spiro atoms. The van der Waals surface area contributed by atoms with Crippen LogP contribution in [0.25, 0.3) is 0 Å². The number of benzene rings is 1. The van der Waals surface area contributed by atoms with Gasteiger partial charge in [-0.05, 0) is 31.2 Å². The van der Waals surface area contributed by atoms with E-state index >= 15 is 0 Å². The Morgan fingerprint density at radius 1 is 1.29 bits per heavy atom. The van der Waals surface area contributed by atoms with Crippen LogP contribution in [0.4, 0.5) is 5.69 Å². The maximum atomic E-state index is 11.8. The minimum atomic E-state index is -0.417. The monoisotopic (exact) mass is 289 g/mol. The quantitative estimate of drug-likeness (QED) is 0.842. The molecule has 0 bridgehead atoms. The van der Waals surface area contributed by atoms with E-state index in [-0.39, 0.29) is 12.3 Å². The number of esters is 1. The van der Waals surface area contributed by atoms with Crippen LogP contribution in [0.5, 0.6) is 0 Å². The van der Waals surface area contributed by atoms with E-state index in [2.05, 4.69) is 20.2 Å². The highest BCUT2D eigenvalue weighted by molar-refractivity contribution is 5.93. The van der Waals surface area contributed by atoms with E-state index in [0.29, 0.717) is 29.4 Å². The summed E-state index contributed by atoms with van der Waals surface area (Å²) in [5, 5.41) is 6.37. The lowest BCUT2D eigenvalue weighted by Gasteiger charge is -2.05. The third-order valence-electron chi connectivity index (χ3n) is 2.73. The van der Waals surface area contributed by atoms with E-state index in [9.17, 15) is 9.59 Å². The van der Waals surface area contributed by atoms with Gasteiger partial charge in [0.2, 0.25) is 11.8 Å². The molecule has 1 aromatic heterocycles. The fourth-order valence-corrected chi connectivity index (χ4v) is 1.69. The number of anilines is 1. The third-order valence-corrected chi connectivity index (χ3v) is 2.73. The van der Waals surface area contributed by atoms with Crippen molar-refractivity contribution in [1.29, 1.82) is 0 Å². The molecule has 110 valence electrons. The maximum absolute atomic E-state index is 11.8. The number of carbonyl (C=O) groups excluding carboxylic acids is 2. The van der Waals surface area contributed by atoms with Crippen LogP contribution < -0.4 is 5.32 Å². The third kappa shape index (κ3) is 4.13. The molecule has 7 heteroatoms. The Bertz CT molecular complexity index is 634. The number of amides is 1. The highest BCUT2D eigenvalue weighted by Gasteiger charge is 2.09. The first-order chi connectivity index (χ1) is 10.1. The molecule has 21 heavy (non-hydrogen) atoms. The molecule has 0 unspecified atom stereocenters. The van der Waals surface area contributed by atoms with E-state index < -0.39 is 5.97 Å². The second kappa shape index (κ2) is 6.65. The van der Waals surface area contributed by atoms with Crippen molar-refractivity contribution in [3.05, 3.63) is 41.5 Å². The molecule has 0 saturated heterocycles. The van der Waals surface area contributed by atoms with Crippen LogP contribution in [-0.4, -0.2) is 29.1 Å². The molecule has 0 radical (unpaired) electrons. The van der Waals surface area contributed by atoms with Crippen LogP contribution in [0.3, 0.4) is 0 Å². The number of ether oxygens (including phenoxy) is 1. The van der Waals surface area contributed by atoms with E-state index in [0.717, 1.165) is 0 Å². The van der Waals surface area contributed by atoms with Gasteiger partial charge in [0.15, 0.2) is 5.82 Å². The van der Waals surface area contributed by atoms with Crippen molar-refractivity contribution in [3.63, 3.8) is 0 Å². The molecular formula is C14H15N3O4. The highest BCUT2D eigenvalue weighted by atomic mass is 16.5. The summed E-state index contributed by atoms with van der Waals surface area (Å²) in [5.41, 5.74) is 1.03. The first-order valence-corrected chi connectivity index (χ1v) is 6.36. The number of aryl methyl sites for hydroxylation is 2. The number of hydrogen-bond donors (Lipinski definition) is 1. The summed E-state index contributed by atoms with van der Waals surface area (Å²) in [7, 11) is 1.32. The molecule has 1 N–H and O–H groups in total. The first kappa shape index (κ1) is 14.7. The van der Waals surface area contributed by atoms with Gasteiger partial charge in [-0.25, -0.2) is 4.79 Å². The van der Waals surface area contributed by atoms with Crippen molar-refractivity contribution >= 4 is 17.6 Å². The van der Waals surface area contributed by atoms with E-state index in [1.165, 1.54) is 7.11 Å². The summed E-state index contributed by atoms with van der Waals surface area (Å²) in [4.78, 5) is 27.1. The van der Waals surface area contributed by atoms with Crippen molar-refractivity contribution in [3.8, 4) is 0 Å². The molecule has 1 heterocycles. The van der Waals surface area contributed by atoms with Gasteiger partial charge >= 0.3 is 5.97 Å². The number of carbonyl (C=O) groups is 2. The van der Waals surface area contributed by atoms with Crippen molar-refractivity contribution in [2.45, 2.75) is 19.8 Å². The number of methoxy groups -OCH3 is 1. The van der Waals surface area contributed by atoms with E-state index in [1.54, 1.807) is 31.2 Å². The topological polar surface area (TPSA) is 94.3 Å². The van der Waals surface area contributed by atoms with Gasteiger partial charge < -0.3 is 14.6 Å². The SMILES string of the molecule is COC(=O)c1ccc(NC(=O)CCc2nc(C)no2)cc1. The van der Waals surface area contributed by atoms with Crippen LogP contribution in [0.1, 0.15) is 28.5 Å². The van der Waals surface area contributed by atoms with Crippen molar-refractivity contribution in [2.75, 3.05) is 12.4 Å². The first-order valence-electron chi connectivity index (χ1n) is 6.36. The molecule has 0 aliphatic rings. The van der Waals surface area contributed by atoms with Crippen LogP contribution in [0, 0.1) is 6.92 Å². The predicted molar refractivity (Wildman–Crippen MR) is 73.8 cm³/mol. The Kier molecular flexibility index (Phi) is 4.65. The molecule has 1 aromatic carbocycles. The summed E-state index contributed by atoms with van der Waals surface area (Å²) in [6, 6.07) is 6.45. The minimum absolute atomic E-state index is 0.170. The zero-order chi connectivity index (χ0) is 15.2. The van der Waals surface area contributed by atoms with Crippen molar-refractivity contribution in [2.24, 2.45) is 0 Å². The molecule has 0 aliphatic carbocycles. The summed E-state index contributed by atoms with van der Waals surface area (Å²) in [5.74, 6) is 0.392. The number of nitrogens with zero attached hydrogens (tertiary/aromatic N) is 2. The predicted octanol–water partition coefficient (Wildman–Crippen LogP) is 1.74. The standard InChI is InChI=1S/C14H15N3O4/c1-9-15-13(21-17-9)8-7-12(18)16-11-5-3-10(4-6-11)14(19)20-2/h3-6H,7-8H2,1-2H3,(H,16,18). The Morgan fingerprint density at radius 2 is 2.00 bits per heavy atom. The second-order valence-corrected chi connectivity index (χ2v) is 4.35. The fourth-order valence-electron chi connectivity index (χ4n) is 1.69. The van der Waals surface area contributed by atoms with Crippen LogP contribution in [0.15, 0.2) is 28.8 Å². The van der Waals surface area contributed by atoms with E-state index in [1.807, 2.05) is 0 Å². The summed E-state index contributed by atoms with van der Waals surface area (Å²) in [6.45, 7) is 1.72. The average Bonchev–Trinajstić information content (AvgIpc) is 2.91. The lowest BCUT2D eigenvalue weighted by molar-refractivity contribution is -0.116. The number of aromatic nitrogens is 2. The van der Waals surface area contributed by atoms with E-state index in [4.69, 9.17) is 4.52 Å². The van der Waals surface area contributed by atoms with Crippen molar-refractivity contribution in [1.82, 2.24) is 10.1 Å². The van der Waals surface area contributed by atoms with Gasteiger partial charge in [0, 0.05) is 18.5 Å². The van der Waals surface area contributed by atoms with Crippen LogP contribution in [0.2, 0.25) is 0 Å². The molecule has 0 aliphatic heterocycles. The number of rotatable bonds is 5. The Labute approximate surface area is 121 Å². The Morgan fingerprint density at radius 3 is 2.57 bits per heavy atom. The van der Waals surface area contributed by atoms with Crippen LogP contribution in [-0.2, 0) is 16.0 Å². The maximum Gasteiger partial charge on any atom is 0.337 e. The summed E-state index contributed by atoms with van der Waals surface area (Å²) >= 11 is 0. The molecule has 2 aromatic rings.